The zero-order valence-electron chi connectivity index (χ0n) is 19.6. The number of amides is 1. The molecule has 2 fully saturated rings. The Kier molecular flexibility index (Phi) is 9.41. The van der Waals surface area contributed by atoms with E-state index >= 15 is 0 Å². The van der Waals surface area contributed by atoms with Crippen LogP contribution in [0.1, 0.15) is 58.9 Å². The van der Waals surface area contributed by atoms with Crippen molar-refractivity contribution in [1.82, 2.24) is 15.5 Å². The summed E-state index contributed by atoms with van der Waals surface area (Å²) in [5.41, 5.74) is 0.321. The van der Waals surface area contributed by atoms with Gasteiger partial charge in [0.2, 0.25) is 0 Å². The number of hydrogen-bond acceptors (Lipinski definition) is 4. The van der Waals surface area contributed by atoms with Gasteiger partial charge < -0.3 is 25.0 Å². The van der Waals surface area contributed by atoms with Gasteiger partial charge in [-0.25, -0.2) is 9.18 Å². The van der Waals surface area contributed by atoms with E-state index in [4.69, 9.17) is 9.47 Å². The third-order valence-electron chi connectivity index (χ3n) is 5.66. The first-order chi connectivity index (χ1) is 14.7. The van der Waals surface area contributed by atoms with Crippen LogP contribution in [0, 0.1) is 5.82 Å². The second-order valence-corrected chi connectivity index (χ2v) is 9.21. The number of nitrogens with zero attached hydrogens (tertiary/aromatic N) is 2. The largest absolute Gasteiger partial charge is 0.491 e. The molecule has 9 heteroatoms. The Labute approximate surface area is 207 Å². The topological polar surface area (TPSA) is 75.2 Å². The van der Waals surface area contributed by atoms with Crippen molar-refractivity contribution in [2.75, 3.05) is 13.7 Å². The van der Waals surface area contributed by atoms with Crippen molar-refractivity contribution in [1.29, 1.82) is 0 Å². The number of fused-ring (bicyclic) bond motifs is 2. The maximum atomic E-state index is 14.1. The Balaban J connectivity index is 0.00000363. The molecule has 0 aromatic heterocycles. The van der Waals surface area contributed by atoms with Crippen LogP contribution in [0.2, 0.25) is 0 Å². The molecule has 2 saturated heterocycles. The summed E-state index contributed by atoms with van der Waals surface area (Å²) in [6, 6.07) is 5.56. The number of rotatable bonds is 5. The van der Waals surface area contributed by atoms with Gasteiger partial charge in [-0.05, 0) is 71.1 Å². The van der Waals surface area contributed by atoms with Gasteiger partial charge in [-0.2, -0.15) is 0 Å². The molecule has 2 unspecified atom stereocenters. The molecular weight excluding hydrogens is 526 g/mol. The van der Waals surface area contributed by atoms with Gasteiger partial charge in [0.1, 0.15) is 5.60 Å². The van der Waals surface area contributed by atoms with Crippen LogP contribution in [0.5, 0.6) is 5.75 Å². The van der Waals surface area contributed by atoms with E-state index < -0.39 is 5.60 Å². The first-order valence-corrected chi connectivity index (χ1v) is 11.1. The van der Waals surface area contributed by atoms with E-state index in [2.05, 4.69) is 15.6 Å². The van der Waals surface area contributed by atoms with E-state index in [0.29, 0.717) is 19.1 Å². The zero-order valence-corrected chi connectivity index (χ0v) is 21.9. The first kappa shape index (κ1) is 26.5. The Hall–Kier alpha value is -1.78. The Morgan fingerprint density at radius 2 is 1.91 bits per heavy atom. The number of guanidine groups is 1. The van der Waals surface area contributed by atoms with E-state index in [9.17, 15) is 9.18 Å². The highest BCUT2D eigenvalue weighted by molar-refractivity contribution is 14.0. The van der Waals surface area contributed by atoms with Crippen molar-refractivity contribution in [3.05, 3.63) is 29.6 Å². The summed E-state index contributed by atoms with van der Waals surface area (Å²) in [5, 5.41) is 6.73. The fourth-order valence-corrected chi connectivity index (χ4v) is 4.41. The Bertz CT molecular complexity index is 801. The SMILES string of the molecule is CCOc1ccc(CNC(=NC)NC2CC3CCC(C2)N3C(=O)OC(C)(C)C)cc1F.I. The molecule has 2 heterocycles. The number of benzene rings is 1. The van der Waals surface area contributed by atoms with E-state index in [1.807, 2.05) is 38.7 Å². The van der Waals surface area contributed by atoms with Crippen LogP contribution in [0.25, 0.3) is 0 Å². The highest BCUT2D eigenvalue weighted by Gasteiger charge is 2.45. The monoisotopic (exact) mass is 562 g/mol. The van der Waals surface area contributed by atoms with Gasteiger partial charge in [0, 0.05) is 31.7 Å². The number of carbonyl (C=O) groups is 1. The van der Waals surface area contributed by atoms with Gasteiger partial charge in [0.05, 0.1) is 6.61 Å². The summed E-state index contributed by atoms with van der Waals surface area (Å²) in [7, 11) is 1.72. The summed E-state index contributed by atoms with van der Waals surface area (Å²) >= 11 is 0. The molecule has 0 aliphatic carbocycles. The number of piperidine rings is 1. The highest BCUT2D eigenvalue weighted by Crippen LogP contribution is 2.36. The van der Waals surface area contributed by atoms with Crippen LogP contribution in [0.15, 0.2) is 23.2 Å². The number of hydrogen-bond donors (Lipinski definition) is 2. The fraction of sp³-hybridized carbons (Fsp3) is 0.652. The van der Waals surface area contributed by atoms with Gasteiger partial charge in [-0.15, -0.1) is 24.0 Å². The molecule has 0 radical (unpaired) electrons. The number of ether oxygens (including phenoxy) is 2. The second kappa shape index (κ2) is 11.4. The third-order valence-corrected chi connectivity index (χ3v) is 5.66. The molecule has 2 aliphatic rings. The lowest BCUT2D eigenvalue weighted by Crippen LogP contribution is -2.54. The van der Waals surface area contributed by atoms with Crippen LogP contribution in [-0.4, -0.2) is 54.3 Å². The number of carbonyl (C=O) groups excluding carboxylic acids is 1. The zero-order chi connectivity index (χ0) is 22.6. The molecule has 1 aromatic rings. The molecule has 0 spiro atoms. The molecule has 3 rings (SSSR count). The summed E-state index contributed by atoms with van der Waals surface area (Å²) in [5.74, 6) is 0.570. The number of nitrogens with one attached hydrogen (secondary N) is 2. The third kappa shape index (κ3) is 6.86. The summed E-state index contributed by atoms with van der Waals surface area (Å²) in [6.07, 6.45) is 3.50. The maximum absolute atomic E-state index is 14.1. The molecule has 2 aliphatic heterocycles. The lowest BCUT2D eigenvalue weighted by Gasteiger charge is -2.40. The van der Waals surface area contributed by atoms with E-state index in [-0.39, 0.29) is 59.8 Å². The smallest absolute Gasteiger partial charge is 0.410 e. The minimum atomic E-state index is -0.488. The van der Waals surface area contributed by atoms with Gasteiger partial charge in [-0.1, -0.05) is 6.07 Å². The molecule has 2 atom stereocenters. The van der Waals surface area contributed by atoms with E-state index in [1.54, 1.807) is 13.1 Å². The summed E-state index contributed by atoms with van der Waals surface area (Å²) in [6.45, 7) is 8.40. The number of halogens is 2. The highest BCUT2D eigenvalue weighted by atomic mass is 127. The van der Waals surface area contributed by atoms with Crippen molar-refractivity contribution in [3.63, 3.8) is 0 Å². The van der Waals surface area contributed by atoms with Gasteiger partial charge >= 0.3 is 6.09 Å². The van der Waals surface area contributed by atoms with Crippen molar-refractivity contribution < 1.29 is 18.7 Å². The lowest BCUT2D eigenvalue weighted by atomic mass is 9.98. The molecule has 32 heavy (non-hydrogen) atoms. The predicted molar refractivity (Wildman–Crippen MR) is 134 cm³/mol. The summed E-state index contributed by atoms with van der Waals surface area (Å²) < 4.78 is 24.9. The molecule has 0 saturated carbocycles. The average Bonchev–Trinajstić information content (AvgIpc) is 2.97. The molecule has 2 bridgehead atoms. The molecular formula is C23H36FIN4O3. The molecule has 1 amide bonds. The van der Waals surface area contributed by atoms with Gasteiger partial charge in [-0.3, -0.25) is 4.99 Å². The first-order valence-electron chi connectivity index (χ1n) is 11.1. The van der Waals surface area contributed by atoms with Crippen LogP contribution < -0.4 is 15.4 Å². The van der Waals surface area contributed by atoms with Crippen molar-refractivity contribution in [2.45, 2.75) is 83.6 Å². The summed E-state index contributed by atoms with van der Waals surface area (Å²) in [4.78, 5) is 18.9. The molecule has 180 valence electrons. The lowest BCUT2D eigenvalue weighted by molar-refractivity contribution is 0.00544. The molecule has 2 N–H and O–H groups in total. The van der Waals surface area contributed by atoms with Crippen LogP contribution in [0.4, 0.5) is 9.18 Å². The van der Waals surface area contributed by atoms with E-state index in [1.165, 1.54) is 6.07 Å². The standard InChI is InChI=1S/C23H35FN4O3.HI/c1-6-30-20-10-7-15(11-19(20)24)14-26-21(25-5)27-16-12-17-8-9-18(13-16)28(17)22(29)31-23(2,3)4;/h7,10-11,16-18H,6,8-9,12-14H2,1-5H3,(H2,25,26,27);1H. The minimum Gasteiger partial charge on any atom is -0.491 e. The van der Waals surface area contributed by atoms with Crippen molar-refractivity contribution >= 4 is 36.0 Å². The van der Waals surface area contributed by atoms with Crippen molar-refractivity contribution in [3.8, 4) is 5.75 Å². The predicted octanol–water partition coefficient (Wildman–Crippen LogP) is 4.44. The van der Waals surface area contributed by atoms with Gasteiger partial charge in [0.25, 0.3) is 0 Å². The Morgan fingerprint density at radius 3 is 2.44 bits per heavy atom. The number of aliphatic imine (C=N–C) groups is 1. The quantitative estimate of drug-likeness (QED) is 0.316. The Morgan fingerprint density at radius 1 is 1.25 bits per heavy atom. The normalized spacial score (nSPS) is 22.8. The second-order valence-electron chi connectivity index (χ2n) is 9.21. The fourth-order valence-electron chi connectivity index (χ4n) is 4.41. The van der Waals surface area contributed by atoms with Gasteiger partial charge in [0.15, 0.2) is 17.5 Å². The molecule has 1 aromatic carbocycles. The van der Waals surface area contributed by atoms with Crippen LogP contribution >= 0.6 is 24.0 Å². The minimum absolute atomic E-state index is 0. The maximum Gasteiger partial charge on any atom is 0.410 e. The van der Waals surface area contributed by atoms with Crippen LogP contribution in [0.3, 0.4) is 0 Å². The average molecular weight is 562 g/mol. The van der Waals surface area contributed by atoms with Crippen LogP contribution in [-0.2, 0) is 11.3 Å². The molecule has 7 nitrogen and oxygen atoms in total. The van der Waals surface area contributed by atoms with E-state index in [0.717, 1.165) is 31.2 Å². The van der Waals surface area contributed by atoms with Crippen molar-refractivity contribution in [2.24, 2.45) is 4.99 Å².